The minimum atomic E-state index is -0.964. The lowest BCUT2D eigenvalue weighted by Gasteiger charge is -2.10. The van der Waals surface area contributed by atoms with E-state index in [9.17, 15) is 9.59 Å². The van der Waals surface area contributed by atoms with Crippen LogP contribution in [0.5, 0.6) is 0 Å². The maximum absolute atomic E-state index is 11.4. The first-order valence-electron chi connectivity index (χ1n) is 6.80. The van der Waals surface area contributed by atoms with Crippen LogP contribution in [0.4, 0.5) is 0 Å². The molecule has 0 aliphatic heterocycles. The van der Waals surface area contributed by atoms with Crippen LogP contribution >= 0.6 is 35.0 Å². The van der Waals surface area contributed by atoms with Gasteiger partial charge in [-0.2, -0.15) is 5.10 Å². The van der Waals surface area contributed by atoms with Crippen LogP contribution in [-0.4, -0.2) is 32.9 Å². The SMILES string of the molecule is CCc1nn(Cc2c(Cl)cccc2Cl)c(SCC(=O)O)c1C=O. The Balaban J connectivity index is 2.46. The lowest BCUT2D eigenvalue weighted by Crippen LogP contribution is -2.07. The van der Waals surface area contributed by atoms with E-state index in [0.717, 1.165) is 11.8 Å². The molecule has 1 heterocycles. The molecule has 1 aromatic heterocycles. The smallest absolute Gasteiger partial charge is 0.313 e. The Morgan fingerprint density at radius 3 is 2.57 bits per heavy atom. The number of halogens is 2. The van der Waals surface area contributed by atoms with E-state index in [1.807, 2.05) is 6.92 Å². The van der Waals surface area contributed by atoms with Gasteiger partial charge >= 0.3 is 5.97 Å². The van der Waals surface area contributed by atoms with E-state index in [0.29, 0.717) is 44.6 Å². The van der Waals surface area contributed by atoms with E-state index in [2.05, 4.69) is 5.10 Å². The Kier molecular flexibility index (Phi) is 6.10. The predicted octanol–water partition coefficient (Wildman–Crippen LogP) is 3.79. The van der Waals surface area contributed by atoms with Crippen LogP contribution in [0.2, 0.25) is 10.0 Å². The van der Waals surface area contributed by atoms with Gasteiger partial charge < -0.3 is 5.11 Å². The lowest BCUT2D eigenvalue weighted by molar-refractivity contribution is -0.133. The van der Waals surface area contributed by atoms with E-state index in [4.69, 9.17) is 28.3 Å². The highest BCUT2D eigenvalue weighted by Gasteiger charge is 2.19. The zero-order valence-corrected chi connectivity index (χ0v) is 14.6. The van der Waals surface area contributed by atoms with Gasteiger partial charge in [0, 0.05) is 15.6 Å². The van der Waals surface area contributed by atoms with Crippen LogP contribution in [0.25, 0.3) is 0 Å². The molecular weight excluding hydrogens is 359 g/mol. The van der Waals surface area contributed by atoms with Crippen molar-refractivity contribution >= 4 is 47.2 Å². The molecule has 2 rings (SSSR count). The number of carbonyl (C=O) groups is 2. The average molecular weight is 373 g/mol. The van der Waals surface area contributed by atoms with Crippen molar-refractivity contribution in [1.29, 1.82) is 0 Å². The number of benzene rings is 1. The van der Waals surface area contributed by atoms with Gasteiger partial charge in [0.25, 0.3) is 0 Å². The molecule has 0 atom stereocenters. The molecule has 0 fully saturated rings. The molecule has 0 aliphatic carbocycles. The highest BCUT2D eigenvalue weighted by molar-refractivity contribution is 8.00. The number of carbonyl (C=O) groups excluding carboxylic acids is 1. The third-order valence-electron chi connectivity index (χ3n) is 3.17. The molecule has 122 valence electrons. The summed E-state index contributed by atoms with van der Waals surface area (Å²) < 4.78 is 1.59. The second-order valence-corrected chi connectivity index (χ2v) is 6.46. The van der Waals surface area contributed by atoms with Crippen LogP contribution in [-0.2, 0) is 17.8 Å². The summed E-state index contributed by atoms with van der Waals surface area (Å²) >= 11 is 13.4. The van der Waals surface area contributed by atoms with Crippen LogP contribution in [0, 0.1) is 0 Å². The van der Waals surface area contributed by atoms with Gasteiger partial charge in [-0.1, -0.05) is 48.0 Å². The number of hydrogen-bond donors (Lipinski definition) is 1. The maximum Gasteiger partial charge on any atom is 0.313 e. The first-order valence-corrected chi connectivity index (χ1v) is 8.54. The van der Waals surface area contributed by atoms with E-state index in [1.54, 1.807) is 22.9 Å². The highest BCUT2D eigenvalue weighted by atomic mass is 35.5. The number of carboxylic acids is 1. The maximum atomic E-state index is 11.4. The number of nitrogens with zero attached hydrogens (tertiary/aromatic N) is 2. The Labute approximate surface area is 147 Å². The van der Waals surface area contributed by atoms with Gasteiger partial charge in [-0.25, -0.2) is 0 Å². The molecule has 0 aliphatic rings. The molecule has 0 spiro atoms. The molecule has 0 saturated heterocycles. The number of aryl methyl sites for hydroxylation is 1. The number of hydrogen-bond acceptors (Lipinski definition) is 4. The van der Waals surface area contributed by atoms with Crippen molar-refractivity contribution in [3.63, 3.8) is 0 Å². The fourth-order valence-electron chi connectivity index (χ4n) is 2.11. The summed E-state index contributed by atoms with van der Waals surface area (Å²) in [5.74, 6) is -1.13. The van der Waals surface area contributed by atoms with Crippen LogP contribution in [0.1, 0.15) is 28.5 Å². The largest absolute Gasteiger partial charge is 0.481 e. The minimum Gasteiger partial charge on any atom is -0.481 e. The highest BCUT2D eigenvalue weighted by Crippen LogP contribution is 2.29. The van der Waals surface area contributed by atoms with Crippen molar-refractivity contribution < 1.29 is 14.7 Å². The van der Waals surface area contributed by atoms with E-state index in [-0.39, 0.29) is 12.3 Å². The summed E-state index contributed by atoms with van der Waals surface area (Å²) in [6.45, 7) is 2.15. The quantitative estimate of drug-likeness (QED) is 0.591. The number of aldehydes is 1. The predicted molar refractivity (Wildman–Crippen MR) is 90.9 cm³/mol. The van der Waals surface area contributed by atoms with E-state index < -0.39 is 5.97 Å². The average Bonchev–Trinajstić information content (AvgIpc) is 2.85. The first kappa shape index (κ1) is 17.8. The van der Waals surface area contributed by atoms with E-state index >= 15 is 0 Å². The number of aliphatic carboxylic acids is 1. The molecule has 0 radical (unpaired) electrons. The molecule has 0 amide bonds. The summed E-state index contributed by atoms with van der Waals surface area (Å²) in [5, 5.41) is 14.8. The minimum absolute atomic E-state index is 0.161. The summed E-state index contributed by atoms with van der Waals surface area (Å²) in [7, 11) is 0. The van der Waals surface area contributed by atoms with Crippen LogP contribution in [0.15, 0.2) is 23.2 Å². The van der Waals surface area contributed by atoms with Crippen LogP contribution in [0.3, 0.4) is 0 Å². The molecule has 23 heavy (non-hydrogen) atoms. The van der Waals surface area contributed by atoms with Gasteiger partial charge in [0.1, 0.15) is 5.03 Å². The number of carboxylic acid groups (broad SMARTS) is 1. The number of aromatic nitrogens is 2. The number of thioether (sulfide) groups is 1. The van der Waals surface area contributed by atoms with Gasteiger partial charge in [0.2, 0.25) is 0 Å². The van der Waals surface area contributed by atoms with Crippen molar-refractivity contribution in [3.8, 4) is 0 Å². The Morgan fingerprint density at radius 1 is 1.39 bits per heavy atom. The van der Waals surface area contributed by atoms with Crippen molar-refractivity contribution in [2.75, 3.05) is 5.75 Å². The third-order valence-corrected chi connectivity index (χ3v) is 4.98. The zero-order valence-electron chi connectivity index (χ0n) is 12.3. The second kappa shape index (κ2) is 7.86. The molecule has 1 N–H and O–H groups in total. The normalized spacial score (nSPS) is 10.7. The van der Waals surface area contributed by atoms with Crippen molar-refractivity contribution in [1.82, 2.24) is 9.78 Å². The Morgan fingerprint density at radius 2 is 2.04 bits per heavy atom. The molecule has 0 unspecified atom stereocenters. The Bertz CT molecular complexity index is 726. The van der Waals surface area contributed by atoms with Crippen molar-refractivity contribution in [3.05, 3.63) is 45.1 Å². The molecule has 1 aromatic carbocycles. The van der Waals surface area contributed by atoms with E-state index in [1.165, 1.54) is 0 Å². The fourth-order valence-corrected chi connectivity index (χ4v) is 3.46. The molecule has 5 nitrogen and oxygen atoms in total. The van der Waals surface area contributed by atoms with Gasteiger partial charge in [0.15, 0.2) is 6.29 Å². The van der Waals surface area contributed by atoms with Gasteiger partial charge in [0.05, 0.1) is 23.6 Å². The van der Waals surface area contributed by atoms with Gasteiger partial charge in [-0.05, 0) is 18.6 Å². The third kappa shape index (κ3) is 4.07. The molecule has 0 saturated carbocycles. The Hall–Kier alpha value is -1.50. The molecule has 8 heteroatoms. The van der Waals surface area contributed by atoms with Crippen LogP contribution < -0.4 is 0 Å². The summed E-state index contributed by atoms with van der Waals surface area (Å²) in [4.78, 5) is 22.2. The molecule has 0 bridgehead atoms. The standard InChI is InChI=1S/C15H14Cl2N2O3S/c1-2-13-10(7-20)15(23-8-14(21)22)19(18-13)6-9-11(16)4-3-5-12(9)17/h3-5,7H,2,6,8H2,1H3,(H,21,22). The topological polar surface area (TPSA) is 72.2 Å². The van der Waals surface area contributed by atoms with Gasteiger partial charge in [-0.3, -0.25) is 14.3 Å². The first-order chi connectivity index (χ1) is 11.0. The molecular formula is C15H14Cl2N2O3S. The molecule has 2 aromatic rings. The second-order valence-electron chi connectivity index (χ2n) is 4.68. The fraction of sp³-hybridized carbons (Fsp3) is 0.267. The lowest BCUT2D eigenvalue weighted by atomic mass is 10.2. The summed E-state index contributed by atoms with van der Waals surface area (Å²) in [6.07, 6.45) is 1.28. The summed E-state index contributed by atoms with van der Waals surface area (Å²) in [6, 6.07) is 5.18. The zero-order chi connectivity index (χ0) is 17.0. The van der Waals surface area contributed by atoms with Crippen molar-refractivity contribution in [2.24, 2.45) is 0 Å². The van der Waals surface area contributed by atoms with Crippen molar-refractivity contribution in [2.45, 2.75) is 24.9 Å². The number of rotatable bonds is 7. The summed E-state index contributed by atoms with van der Waals surface area (Å²) in [5.41, 5.74) is 1.72. The van der Waals surface area contributed by atoms with Gasteiger partial charge in [-0.15, -0.1) is 0 Å². The monoisotopic (exact) mass is 372 g/mol.